The smallest absolute Gasteiger partial charge is 0.122 e. The highest BCUT2D eigenvalue weighted by Gasteiger charge is 1.86. The average molecular weight is 146 g/mol. The highest BCUT2D eigenvalue weighted by atomic mass is 16.3. The van der Waals surface area contributed by atoms with Crippen LogP contribution in [0, 0.1) is 0 Å². The monoisotopic (exact) mass is 146 g/mol. The number of hydrogen-bond acceptors (Lipinski definition) is 1. The van der Waals surface area contributed by atoms with Gasteiger partial charge in [0.1, 0.15) is 5.75 Å². The van der Waals surface area contributed by atoms with Crippen molar-refractivity contribution in [3.05, 3.63) is 41.3 Å². The molecule has 1 nitrogen and oxygen atoms in total. The molecule has 0 saturated carbocycles. The molecule has 0 radical (unpaired) electrons. The van der Waals surface area contributed by atoms with E-state index in [2.05, 4.69) is 13.2 Å². The van der Waals surface area contributed by atoms with E-state index in [1.165, 1.54) is 0 Å². The molecule has 1 N–H and O–H groups in total. The summed E-state index contributed by atoms with van der Waals surface area (Å²) < 4.78 is 0. The Kier molecular flexibility index (Phi) is 2.12. The van der Waals surface area contributed by atoms with Crippen LogP contribution in [0.5, 0.6) is 5.75 Å². The van der Waals surface area contributed by atoms with Crippen LogP contribution >= 0.6 is 0 Å². The summed E-state index contributed by atoms with van der Waals surface area (Å²) in [6.45, 7) is 7.27. The quantitative estimate of drug-likeness (QED) is 0.620. The Hall–Kier alpha value is -1.50. The van der Waals surface area contributed by atoms with E-state index < -0.39 is 0 Å². The van der Waals surface area contributed by atoms with Crippen LogP contribution in [-0.4, -0.2) is 5.11 Å². The Balaban J connectivity index is 3.52. The van der Waals surface area contributed by atoms with Crippen LogP contribution in [0.15, 0.2) is 30.9 Å². The molecule has 0 amide bonds. The Morgan fingerprint density at radius 3 is 2.73 bits per heavy atom. The number of aromatic hydroxyl groups is 1. The van der Waals surface area contributed by atoms with Crippen molar-refractivity contribution in [1.29, 1.82) is 0 Å². The minimum Gasteiger partial charge on any atom is -0.507 e. The van der Waals surface area contributed by atoms with E-state index in [1.807, 2.05) is 12.1 Å². The minimum absolute atomic E-state index is 0.223. The predicted octanol–water partition coefficient (Wildman–Crippen LogP) is 0.769. The number of allylic oxidation sites excluding steroid dienone is 1. The fraction of sp³-hybridized carbons (Fsp3) is 0. The van der Waals surface area contributed by atoms with Crippen molar-refractivity contribution in [2.45, 2.75) is 0 Å². The molecule has 1 aromatic rings. The molecular weight excluding hydrogens is 136 g/mol. The zero-order chi connectivity index (χ0) is 8.27. The summed E-state index contributed by atoms with van der Waals surface area (Å²) in [7, 11) is 0. The molecule has 0 aromatic heterocycles. The van der Waals surface area contributed by atoms with E-state index in [-0.39, 0.29) is 5.75 Å². The lowest BCUT2D eigenvalue weighted by Gasteiger charge is -1.90. The maximum Gasteiger partial charge on any atom is 0.122 e. The second-order valence-corrected chi connectivity index (χ2v) is 2.25. The van der Waals surface area contributed by atoms with Crippen molar-refractivity contribution in [2.75, 3.05) is 0 Å². The van der Waals surface area contributed by atoms with Gasteiger partial charge in [-0.2, -0.15) is 0 Å². The van der Waals surface area contributed by atoms with Gasteiger partial charge in [-0.3, -0.25) is 0 Å². The van der Waals surface area contributed by atoms with E-state index in [9.17, 15) is 5.11 Å². The van der Waals surface area contributed by atoms with Gasteiger partial charge in [0, 0.05) is 5.22 Å². The minimum atomic E-state index is 0.223. The lowest BCUT2D eigenvalue weighted by atomic mass is 10.2. The highest BCUT2D eigenvalue weighted by Crippen LogP contribution is 1.92. The third kappa shape index (κ3) is 1.49. The SMILES string of the molecule is C=C/C=c1/cccc(O)c1=C. The van der Waals surface area contributed by atoms with Crippen molar-refractivity contribution in [3.63, 3.8) is 0 Å². The molecule has 1 heteroatoms. The molecule has 56 valence electrons. The zero-order valence-electron chi connectivity index (χ0n) is 6.25. The highest BCUT2D eigenvalue weighted by molar-refractivity contribution is 5.39. The third-order valence-electron chi connectivity index (χ3n) is 1.48. The Labute approximate surface area is 65.6 Å². The van der Waals surface area contributed by atoms with E-state index in [4.69, 9.17) is 0 Å². The fourth-order valence-electron chi connectivity index (χ4n) is 0.875. The van der Waals surface area contributed by atoms with Gasteiger partial charge in [-0.1, -0.05) is 37.4 Å². The van der Waals surface area contributed by atoms with Crippen molar-refractivity contribution in [3.8, 4) is 5.75 Å². The first-order chi connectivity index (χ1) is 5.25. The summed E-state index contributed by atoms with van der Waals surface area (Å²) in [4.78, 5) is 0. The van der Waals surface area contributed by atoms with E-state index in [0.717, 1.165) is 5.22 Å². The van der Waals surface area contributed by atoms with Gasteiger partial charge in [-0.25, -0.2) is 0 Å². The molecule has 0 bridgehead atoms. The van der Waals surface area contributed by atoms with Crippen molar-refractivity contribution in [2.24, 2.45) is 0 Å². The van der Waals surface area contributed by atoms with Crippen LogP contribution in [0.2, 0.25) is 0 Å². The second-order valence-electron chi connectivity index (χ2n) is 2.25. The first kappa shape index (κ1) is 7.61. The fourth-order valence-corrected chi connectivity index (χ4v) is 0.875. The lowest BCUT2D eigenvalue weighted by molar-refractivity contribution is 0.470. The number of rotatable bonds is 1. The van der Waals surface area contributed by atoms with Gasteiger partial charge in [-0.15, -0.1) is 0 Å². The summed E-state index contributed by atoms with van der Waals surface area (Å²) in [6, 6.07) is 5.27. The molecule has 0 fully saturated rings. The van der Waals surface area contributed by atoms with E-state index in [1.54, 1.807) is 18.2 Å². The number of phenols is 1. The van der Waals surface area contributed by atoms with Gasteiger partial charge in [0.15, 0.2) is 0 Å². The molecule has 0 aliphatic heterocycles. The second kappa shape index (κ2) is 3.06. The third-order valence-corrected chi connectivity index (χ3v) is 1.48. The van der Waals surface area contributed by atoms with Crippen LogP contribution in [0.25, 0.3) is 12.7 Å². The van der Waals surface area contributed by atoms with Crippen LogP contribution in [0.3, 0.4) is 0 Å². The van der Waals surface area contributed by atoms with E-state index in [0.29, 0.717) is 5.22 Å². The molecule has 0 atom stereocenters. The number of hydrogen-bond donors (Lipinski definition) is 1. The molecule has 0 saturated heterocycles. The first-order valence-corrected chi connectivity index (χ1v) is 3.35. The van der Waals surface area contributed by atoms with Crippen LogP contribution in [-0.2, 0) is 0 Å². The lowest BCUT2D eigenvalue weighted by Crippen LogP contribution is -2.21. The molecule has 1 rings (SSSR count). The molecule has 1 aromatic carbocycles. The topological polar surface area (TPSA) is 20.2 Å². The van der Waals surface area contributed by atoms with Crippen LogP contribution < -0.4 is 10.4 Å². The van der Waals surface area contributed by atoms with Crippen molar-refractivity contribution < 1.29 is 5.11 Å². The number of benzene rings is 1. The normalized spacial score (nSPS) is 11.5. The van der Waals surface area contributed by atoms with Gasteiger partial charge in [0.2, 0.25) is 0 Å². The van der Waals surface area contributed by atoms with Gasteiger partial charge in [0.25, 0.3) is 0 Å². The van der Waals surface area contributed by atoms with Gasteiger partial charge < -0.3 is 5.11 Å². The van der Waals surface area contributed by atoms with E-state index >= 15 is 0 Å². The Morgan fingerprint density at radius 2 is 2.09 bits per heavy atom. The first-order valence-electron chi connectivity index (χ1n) is 3.35. The summed E-state index contributed by atoms with van der Waals surface area (Å²) in [5.74, 6) is 0.223. The molecule has 0 aliphatic carbocycles. The average Bonchev–Trinajstić information content (AvgIpc) is 1.99. The van der Waals surface area contributed by atoms with Crippen LogP contribution in [0.1, 0.15) is 0 Å². The molecule has 0 unspecified atom stereocenters. The standard InChI is InChI=1S/C10H10O/c1-3-5-9-6-4-7-10(11)8(9)2/h3-7,11H,1-2H2/b9-5-. The molecule has 0 aliphatic rings. The van der Waals surface area contributed by atoms with Crippen molar-refractivity contribution >= 4 is 12.7 Å². The Bertz CT molecular complexity index is 363. The van der Waals surface area contributed by atoms with Crippen LogP contribution in [0.4, 0.5) is 0 Å². The summed E-state index contributed by atoms with van der Waals surface area (Å²) in [5, 5.41) is 10.8. The Morgan fingerprint density at radius 1 is 1.36 bits per heavy atom. The molecule has 0 heterocycles. The zero-order valence-corrected chi connectivity index (χ0v) is 6.25. The van der Waals surface area contributed by atoms with Gasteiger partial charge in [0.05, 0.1) is 0 Å². The van der Waals surface area contributed by atoms with Gasteiger partial charge >= 0.3 is 0 Å². The largest absolute Gasteiger partial charge is 0.507 e. The van der Waals surface area contributed by atoms with Crippen molar-refractivity contribution in [1.82, 2.24) is 0 Å². The maximum atomic E-state index is 9.21. The summed E-state index contributed by atoms with van der Waals surface area (Å²) >= 11 is 0. The molecule has 11 heavy (non-hydrogen) atoms. The van der Waals surface area contributed by atoms with Gasteiger partial charge in [-0.05, 0) is 11.3 Å². The summed E-state index contributed by atoms with van der Waals surface area (Å²) in [5.41, 5.74) is 0. The molecular formula is C10H10O. The molecule has 0 spiro atoms. The maximum absolute atomic E-state index is 9.21. The number of phenolic OH excluding ortho intramolecular Hbond substituents is 1. The predicted molar refractivity (Wildman–Crippen MR) is 47.5 cm³/mol. The summed E-state index contributed by atoms with van der Waals surface area (Å²) in [6.07, 6.45) is 3.48.